The first-order chi connectivity index (χ1) is 11.9. The smallest absolute Gasteiger partial charge is 0.387 e. The Balaban J connectivity index is 2.10. The number of hydrogen-bond acceptors (Lipinski definition) is 5. The van der Waals surface area contributed by atoms with E-state index < -0.39 is 23.9 Å². The summed E-state index contributed by atoms with van der Waals surface area (Å²) >= 11 is 0. The highest BCUT2D eigenvalue weighted by atomic mass is 19.3. The van der Waals surface area contributed by atoms with Gasteiger partial charge in [0.1, 0.15) is 0 Å². The van der Waals surface area contributed by atoms with Crippen molar-refractivity contribution >= 4 is 11.9 Å². The van der Waals surface area contributed by atoms with Crippen molar-refractivity contribution in [1.29, 1.82) is 0 Å². The van der Waals surface area contributed by atoms with Crippen molar-refractivity contribution in [2.24, 2.45) is 5.41 Å². The number of benzene rings is 1. The molecule has 1 aromatic carbocycles. The van der Waals surface area contributed by atoms with Crippen LogP contribution >= 0.6 is 0 Å². The van der Waals surface area contributed by atoms with Gasteiger partial charge >= 0.3 is 12.6 Å². The summed E-state index contributed by atoms with van der Waals surface area (Å²) in [4.78, 5) is 23.8. The maximum absolute atomic E-state index is 12.4. The van der Waals surface area contributed by atoms with Crippen LogP contribution in [-0.4, -0.2) is 50.5 Å². The Morgan fingerprint density at radius 2 is 2.00 bits per heavy atom. The first kappa shape index (κ1) is 18.9. The standard InChI is InChI=1S/C16H19F2NO6/c1-23-11-3-2-10(8-12(11)25-15(17)18)13(20)19-9-16(14(21)22)4-6-24-7-5-16/h2-3,8,15H,4-7,9H2,1H3,(H,19,20)(H,21,22). The van der Waals surface area contributed by atoms with Gasteiger partial charge in [-0.15, -0.1) is 0 Å². The van der Waals surface area contributed by atoms with Crippen molar-refractivity contribution in [2.75, 3.05) is 26.9 Å². The van der Waals surface area contributed by atoms with Gasteiger partial charge in [-0.3, -0.25) is 9.59 Å². The van der Waals surface area contributed by atoms with Gasteiger partial charge in [0.15, 0.2) is 11.5 Å². The fourth-order valence-electron chi connectivity index (χ4n) is 2.59. The molecule has 0 spiro atoms. The van der Waals surface area contributed by atoms with E-state index >= 15 is 0 Å². The molecule has 1 aliphatic heterocycles. The van der Waals surface area contributed by atoms with Gasteiger partial charge in [-0.05, 0) is 31.0 Å². The molecule has 1 heterocycles. The van der Waals surface area contributed by atoms with Crippen molar-refractivity contribution in [3.63, 3.8) is 0 Å². The molecule has 1 amide bonds. The van der Waals surface area contributed by atoms with Crippen LogP contribution in [0.3, 0.4) is 0 Å². The number of ether oxygens (including phenoxy) is 3. The van der Waals surface area contributed by atoms with Crippen LogP contribution < -0.4 is 14.8 Å². The van der Waals surface area contributed by atoms with Crippen LogP contribution in [-0.2, 0) is 9.53 Å². The fraction of sp³-hybridized carbons (Fsp3) is 0.500. The molecule has 0 bridgehead atoms. The van der Waals surface area contributed by atoms with Crippen molar-refractivity contribution in [3.05, 3.63) is 23.8 Å². The third kappa shape index (κ3) is 4.56. The lowest BCUT2D eigenvalue weighted by molar-refractivity contribution is -0.154. The summed E-state index contributed by atoms with van der Waals surface area (Å²) in [6, 6.07) is 3.83. The molecule has 9 heteroatoms. The number of amides is 1. The van der Waals surface area contributed by atoms with Gasteiger partial charge < -0.3 is 24.6 Å². The quantitative estimate of drug-likeness (QED) is 0.772. The normalized spacial score (nSPS) is 16.3. The number of rotatable bonds is 7. The lowest BCUT2D eigenvalue weighted by Gasteiger charge is -2.33. The van der Waals surface area contributed by atoms with Crippen LogP contribution in [0.25, 0.3) is 0 Å². The number of carbonyl (C=O) groups is 2. The average molecular weight is 359 g/mol. The molecule has 0 atom stereocenters. The fourth-order valence-corrected chi connectivity index (χ4v) is 2.59. The van der Waals surface area contributed by atoms with E-state index in [1.54, 1.807) is 0 Å². The largest absolute Gasteiger partial charge is 0.493 e. The minimum absolute atomic E-state index is 0.0586. The first-order valence-electron chi connectivity index (χ1n) is 7.60. The summed E-state index contributed by atoms with van der Waals surface area (Å²) in [5.41, 5.74) is -1.04. The molecule has 2 N–H and O–H groups in total. The van der Waals surface area contributed by atoms with E-state index in [9.17, 15) is 23.5 Å². The van der Waals surface area contributed by atoms with Crippen LogP contribution in [0, 0.1) is 5.41 Å². The van der Waals surface area contributed by atoms with E-state index in [2.05, 4.69) is 10.1 Å². The molecule has 1 aromatic rings. The number of methoxy groups -OCH3 is 1. The van der Waals surface area contributed by atoms with Gasteiger partial charge in [0.05, 0.1) is 12.5 Å². The van der Waals surface area contributed by atoms with Crippen LogP contribution in [0.1, 0.15) is 23.2 Å². The number of aliphatic carboxylic acids is 1. The molecule has 1 aliphatic rings. The third-order valence-electron chi connectivity index (χ3n) is 4.13. The molecule has 2 rings (SSSR count). The van der Waals surface area contributed by atoms with Gasteiger partial charge in [-0.2, -0.15) is 8.78 Å². The number of carbonyl (C=O) groups excluding carboxylic acids is 1. The predicted octanol–water partition coefficient (Wildman–Crippen LogP) is 1.91. The van der Waals surface area contributed by atoms with Crippen LogP contribution in [0.15, 0.2) is 18.2 Å². The van der Waals surface area contributed by atoms with E-state index in [-0.39, 0.29) is 36.4 Å². The summed E-state index contributed by atoms with van der Waals surface area (Å²) < 4.78 is 39.3. The monoisotopic (exact) mass is 359 g/mol. The lowest BCUT2D eigenvalue weighted by Crippen LogP contribution is -2.46. The number of nitrogens with one attached hydrogen (secondary N) is 1. The lowest BCUT2D eigenvalue weighted by atomic mass is 9.80. The molecule has 1 saturated heterocycles. The highest BCUT2D eigenvalue weighted by Crippen LogP contribution is 2.31. The molecule has 0 aliphatic carbocycles. The molecular weight excluding hydrogens is 340 g/mol. The van der Waals surface area contributed by atoms with E-state index in [1.165, 1.54) is 19.2 Å². The van der Waals surface area contributed by atoms with E-state index in [0.717, 1.165) is 6.07 Å². The molecule has 25 heavy (non-hydrogen) atoms. The van der Waals surface area contributed by atoms with Gasteiger partial charge in [0, 0.05) is 25.3 Å². The minimum atomic E-state index is -3.07. The topological polar surface area (TPSA) is 94.1 Å². The SMILES string of the molecule is COc1ccc(C(=O)NCC2(C(=O)O)CCOCC2)cc1OC(F)F. The van der Waals surface area contributed by atoms with Crippen LogP contribution in [0.4, 0.5) is 8.78 Å². The zero-order chi connectivity index (χ0) is 18.4. The number of carboxylic acids is 1. The summed E-state index contributed by atoms with van der Waals surface area (Å²) in [5.74, 6) is -1.81. The molecule has 0 unspecified atom stereocenters. The van der Waals surface area contributed by atoms with Crippen molar-refractivity contribution in [3.8, 4) is 11.5 Å². The average Bonchev–Trinajstić information content (AvgIpc) is 2.59. The highest BCUT2D eigenvalue weighted by molar-refractivity contribution is 5.95. The number of hydrogen-bond donors (Lipinski definition) is 2. The molecule has 1 fully saturated rings. The molecule has 0 radical (unpaired) electrons. The van der Waals surface area contributed by atoms with Crippen molar-refractivity contribution < 1.29 is 37.7 Å². The Hall–Kier alpha value is -2.42. The van der Waals surface area contributed by atoms with E-state index in [0.29, 0.717) is 13.2 Å². The Morgan fingerprint density at radius 3 is 2.56 bits per heavy atom. The maximum atomic E-state index is 12.4. The zero-order valence-electron chi connectivity index (χ0n) is 13.6. The number of halogens is 2. The minimum Gasteiger partial charge on any atom is -0.493 e. The van der Waals surface area contributed by atoms with Gasteiger partial charge in [0.2, 0.25) is 0 Å². The molecule has 0 saturated carbocycles. The Kier molecular flexibility index (Phi) is 6.13. The molecule has 7 nitrogen and oxygen atoms in total. The third-order valence-corrected chi connectivity index (χ3v) is 4.13. The number of alkyl halides is 2. The summed E-state index contributed by atoms with van der Waals surface area (Å²) in [5, 5.41) is 12.0. The second kappa shape index (κ2) is 8.11. The van der Waals surface area contributed by atoms with Gasteiger partial charge in [0.25, 0.3) is 5.91 Å². The van der Waals surface area contributed by atoms with Crippen molar-refractivity contribution in [1.82, 2.24) is 5.32 Å². The summed E-state index contributed by atoms with van der Waals surface area (Å²) in [6.07, 6.45) is 0.565. The molecule has 0 aromatic heterocycles. The van der Waals surface area contributed by atoms with E-state index in [1.807, 2.05) is 0 Å². The summed E-state index contributed by atoms with van der Waals surface area (Å²) in [7, 11) is 1.29. The van der Waals surface area contributed by atoms with E-state index in [4.69, 9.17) is 9.47 Å². The number of carboxylic acid groups (broad SMARTS) is 1. The Labute approximate surface area is 142 Å². The first-order valence-corrected chi connectivity index (χ1v) is 7.60. The summed E-state index contributed by atoms with van der Waals surface area (Å²) in [6.45, 7) is -2.54. The Morgan fingerprint density at radius 1 is 1.32 bits per heavy atom. The van der Waals surface area contributed by atoms with Crippen molar-refractivity contribution in [2.45, 2.75) is 19.5 Å². The van der Waals surface area contributed by atoms with Crippen LogP contribution in [0.5, 0.6) is 11.5 Å². The second-order valence-electron chi connectivity index (χ2n) is 5.62. The predicted molar refractivity (Wildman–Crippen MR) is 82.1 cm³/mol. The highest BCUT2D eigenvalue weighted by Gasteiger charge is 2.40. The van der Waals surface area contributed by atoms with Gasteiger partial charge in [-0.25, -0.2) is 0 Å². The molecule has 138 valence electrons. The molecular formula is C16H19F2NO6. The maximum Gasteiger partial charge on any atom is 0.387 e. The van der Waals surface area contributed by atoms with Gasteiger partial charge in [-0.1, -0.05) is 0 Å². The second-order valence-corrected chi connectivity index (χ2v) is 5.62. The zero-order valence-corrected chi connectivity index (χ0v) is 13.6. The van der Waals surface area contributed by atoms with Crippen LogP contribution in [0.2, 0.25) is 0 Å². The Bertz CT molecular complexity index is 631.